The molecule has 0 radical (unpaired) electrons. The zero-order valence-corrected chi connectivity index (χ0v) is 9.90. The highest BCUT2D eigenvalue weighted by Crippen LogP contribution is 2.20. The van der Waals surface area contributed by atoms with Crippen molar-refractivity contribution in [2.75, 3.05) is 13.1 Å². The molecule has 1 saturated heterocycles. The zero-order valence-electron chi connectivity index (χ0n) is 9.90. The minimum Gasteiger partial charge on any atom is -0.369 e. The van der Waals surface area contributed by atoms with Gasteiger partial charge in [-0.15, -0.1) is 0 Å². The Bertz CT molecular complexity index is 509. The van der Waals surface area contributed by atoms with Gasteiger partial charge in [-0.1, -0.05) is 12.1 Å². The van der Waals surface area contributed by atoms with Gasteiger partial charge in [0, 0.05) is 18.7 Å². The molecule has 1 aliphatic rings. The van der Waals surface area contributed by atoms with E-state index in [1.54, 1.807) is 12.1 Å². The van der Waals surface area contributed by atoms with E-state index in [0.29, 0.717) is 18.7 Å². The minimum absolute atomic E-state index is 0.0538. The first-order valence-electron chi connectivity index (χ1n) is 5.81. The molecule has 0 saturated carbocycles. The topological polar surface area (TPSA) is 70.1 Å². The fourth-order valence-corrected chi connectivity index (χ4v) is 2.24. The Labute approximate surface area is 105 Å². The maximum atomic E-state index is 13.8. The second kappa shape index (κ2) is 5.15. The summed E-state index contributed by atoms with van der Waals surface area (Å²) in [5, 5.41) is 8.75. The van der Waals surface area contributed by atoms with Crippen LogP contribution < -0.4 is 5.73 Å². The van der Waals surface area contributed by atoms with Gasteiger partial charge in [0.1, 0.15) is 11.9 Å². The second-order valence-electron chi connectivity index (χ2n) is 4.51. The van der Waals surface area contributed by atoms with Crippen LogP contribution in [0.25, 0.3) is 0 Å². The van der Waals surface area contributed by atoms with Gasteiger partial charge in [-0.2, -0.15) is 5.26 Å². The Morgan fingerprint density at radius 2 is 2.39 bits per heavy atom. The van der Waals surface area contributed by atoms with Crippen LogP contribution in [0.1, 0.15) is 17.5 Å². The van der Waals surface area contributed by atoms with E-state index in [-0.39, 0.29) is 17.4 Å². The van der Waals surface area contributed by atoms with E-state index in [1.807, 2.05) is 11.0 Å². The maximum Gasteiger partial charge on any atom is 0.221 e. The molecule has 1 unspecified atom stereocenters. The van der Waals surface area contributed by atoms with Crippen molar-refractivity contribution in [1.29, 1.82) is 5.26 Å². The van der Waals surface area contributed by atoms with Gasteiger partial charge in [-0.05, 0) is 19.0 Å². The number of halogens is 1. The van der Waals surface area contributed by atoms with Gasteiger partial charge in [0.15, 0.2) is 0 Å². The number of primary amides is 1. The fourth-order valence-electron chi connectivity index (χ4n) is 2.24. The molecule has 0 aliphatic carbocycles. The van der Waals surface area contributed by atoms with Crippen LogP contribution in [0.5, 0.6) is 0 Å². The first kappa shape index (κ1) is 12.5. The molecule has 5 heteroatoms. The van der Waals surface area contributed by atoms with E-state index >= 15 is 0 Å². The molecule has 0 bridgehead atoms. The number of likely N-dealkylation sites (tertiary alicyclic amines) is 1. The first-order valence-corrected chi connectivity index (χ1v) is 5.81. The Balaban J connectivity index is 2.08. The molecular weight excluding hydrogens is 233 g/mol. The summed E-state index contributed by atoms with van der Waals surface area (Å²) in [6.07, 6.45) is 0.717. The monoisotopic (exact) mass is 247 g/mol. The largest absolute Gasteiger partial charge is 0.369 e. The van der Waals surface area contributed by atoms with E-state index in [4.69, 9.17) is 11.0 Å². The molecule has 1 aromatic carbocycles. The summed E-state index contributed by atoms with van der Waals surface area (Å²) < 4.78 is 13.8. The third-order valence-corrected chi connectivity index (χ3v) is 3.27. The molecule has 1 aromatic rings. The predicted octanol–water partition coefficient (Wildman–Crippen LogP) is 1.00. The molecule has 1 atom stereocenters. The summed E-state index contributed by atoms with van der Waals surface area (Å²) >= 11 is 0. The molecule has 1 aliphatic heterocycles. The quantitative estimate of drug-likeness (QED) is 0.866. The average Bonchev–Trinajstić information content (AvgIpc) is 2.80. The number of hydrogen-bond acceptors (Lipinski definition) is 3. The maximum absolute atomic E-state index is 13.8. The van der Waals surface area contributed by atoms with Crippen molar-refractivity contribution in [1.82, 2.24) is 4.90 Å². The van der Waals surface area contributed by atoms with Crippen LogP contribution in [-0.2, 0) is 11.3 Å². The van der Waals surface area contributed by atoms with Crippen molar-refractivity contribution in [3.8, 4) is 6.07 Å². The van der Waals surface area contributed by atoms with Gasteiger partial charge >= 0.3 is 0 Å². The van der Waals surface area contributed by atoms with Crippen LogP contribution in [-0.4, -0.2) is 23.9 Å². The van der Waals surface area contributed by atoms with Gasteiger partial charge in [0.05, 0.1) is 11.5 Å². The average molecular weight is 247 g/mol. The third kappa shape index (κ3) is 2.49. The molecule has 2 N–H and O–H groups in total. The number of carbonyl (C=O) groups is 1. The van der Waals surface area contributed by atoms with Crippen LogP contribution in [0, 0.1) is 23.1 Å². The van der Waals surface area contributed by atoms with Gasteiger partial charge in [0.2, 0.25) is 5.91 Å². The summed E-state index contributed by atoms with van der Waals surface area (Å²) in [6.45, 7) is 1.69. The van der Waals surface area contributed by atoms with Gasteiger partial charge in [-0.25, -0.2) is 4.39 Å². The number of nitrogens with two attached hydrogens (primary N) is 1. The smallest absolute Gasteiger partial charge is 0.221 e. The highest BCUT2D eigenvalue weighted by Gasteiger charge is 2.27. The molecule has 94 valence electrons. The summed E-state index contributed by atoms with van der Waals surface area (Å²) in [5.41, 5.74) is 5.79. The fraction of sp³-hybridized carbons (Fsp3) is 0.385. The van der Waals surface area contributed by atoms with E-state index in [2.05, 4.69) is 0 Å². The lowest BCUT2D eigenvalue weighted by molar-refractivity contribution is -0.121. The van der Waals surface area contributed by atoms with Crippen molar-refractivity contribution in [3.63, 3.8) is 0 Å². The Hall–Kier alpha value is -1.93. The lowest BCUT2D eigenvalue weighted by Gasteiger charge is -2.16. The summed E-state index contributed by atoms with van der Waals surface area (Å²) in [7, 11) is 0. The molecule has 2 rings (SSSR count). The van der Waals surface area contributed by atoms with Crippen molar-refractivity contribution in [3.05, 3.63) is 35.1 Å². The van der Waals surface area contributed by atoms with Crippen LogP contribution >= 0.6 is 0 Å². The van der Waals surface area contributed by atoms with Crippen molar-refractivity contribution >= 4 is 5.91 Å². The minimum atomic E-state index is -0.470. The summed E-state index contributed by atoms with van der Waals surface area (Å²) in [6, 6.07) is 6.60. The third-order valence-electron chi connectivity index (χ3n) is 3.27. The standard InChI is InChI=1S/C13H14FN3O/c14-12-9(6-15)2-1-3-10(12)7-17-5-4-11(8-17)13(16)18/h1-3,11H,4-5,7-8H2,(H2,16,18). The second-order valence-corrected chi connectivity index (χ2v) is 4.51. The zero-order chi connectivity index (χ0) is 13.1. The van der Waals surface area contributed by atoms with Gasteiger partial charge < -0.3 is 5.73 Å². The first-order chi connectivity index (χ1) is 8.61. The SMILES string of the molecule is N#Cc1cccc(CN2CCC(C(N)=O)C2)c1F. The van der Waals surface area contributed by atoms with Crippen molar-refractivity contribution in [2.24, 2.45) is 11.7 Å². The van der Waals surface area contributed by atoms with Crippen molar-refractivity contribution < 1.29 is 9.18 Å². The van der Waals surface area contributed by atoms with Crippen LogP contribution in [0.3, 0.4) is 0 Å². The molecular formula is C13H14FN3O. The van der Waals surface area contributed by atoms with E-state index < -0.39 is 5.82 Å². The Kier molecular flexibility index (Phi) is 3.58. The van der Waals surface area contributed by atoms with E-state index in [1.165, 1.54) is 6.07 Å². The highest BCUT2D eigenvalue weighted by atomic mass is 19.1. The number of rotatable bonds is 3. The van der Waals surface area contributed by atoms with Crippen LogP contribution in [0.15, 0.2) is 18.2 Å². The van der Waals surface area contributed by atoms with Crippen molar-refractivity contribution in [2.45, 2.75) is 13.0 Å². The van der Waals surface area contributed by atoms with Gasteiger partial charge in [-0.3, -0.25) is 9.69 Å². The molecule has 0 spiro atoms. The number of hydrogen-bond donors (Lipinski definition) is 1. The lowest BCUT2D eigenvalue weighted by Crippen LogP contribution is -2.27. The number of nitrogens with zero attached hydrogens (tertiary/aromatic N) is 2. The van der Waals surface area contributed by atoms with Gasteiger partial charge in [0.25, 0.3) is 0 Å². The number of amides is 1. The number of benzene rings is 1. The van der Waals surface area contributed by atoms with E-state index in [0.717, 1.165) is 13.0 Å². The van der Waals surface area contributed by atoms with Crippen LogP contribution in [0.4, 0.5) is 4.39 Å². The highest BCUT2D eigenvalue weighted by molar-refractivity contribution is 5.77. The molecule has 18 heavy (non-hydrogen) atoms. The summed E-state index contributed by atoms with van der Waals surface area (Å²) in [5.74, 6) is -0.918. The molecule has 4 nitrogen and oxygen atoms in total. The van der Waals surface area contributed by atoms with Crippen LogP contribution in [0.2, 0.25) is 0 Å². The Morgan fingerprint density at radius 3 is 3.00 bits per heavy atom. The lowest BCUT2D eigenvalue weighted by atomic mass is 10.1. The normalized spacial score (nSPS) is 19.7. The predicted molar refractivity (Wildman–Crippen MR) is 63.7 cm³/mol. The van der Waals surface area contributed by atoms with E-state index in [9.17, 15) is 9.18 Å². The molecule has 1 amide bonds. The Morgan fingerprint density at radius 1 is 1.61 bits per heavy atom. The molecule has 1 heterocycles. The molecule has 1 fully saturated rings. The summed E-state index contributed by atoms with van der Waals surface area (Å²) in [4.78, 5) is 13.0. The molecule has 0 aromatic heterocycles. The number of nitriles is 1. The number of carbonyl (C=O) groups excluding carboxylic acids is 1.